The smallest absolute Gasteiger partial charge is 0.0468 e. The number of fused-ring (bicyclic) bond motifs is 1. The fourth-order valence-corrected chi connectivity index (χ4v) is 5.70. The lowest BCUT2D eigenvalue weighted by Crippen LogP contribution is -2.35. The molecule has 0 amide bonds. The Labute approximate surface area is 83.0 Å². The van der Waals surface area contributed by atoms with Gasteiger partial charge in [-0.3, -0.25) is 0 Å². The van der Waals surface area contributed by atoms with E-state index in [9.17, 15) is 0 Å². The molecule has 1 heterocycles. The lowest BCUT2D eigenvalue weighted by Gasteiger charge is -2.42. The molecule has 2 aliphatic rings. The van der Waals surface area contributed by atoms with Crippen molar-refractivity contribution in [2.24, 2.45) is 5.92 Å². The Morgan fingerprint density at radius 2 is 2.42 bits per heavy atom. The Kier molecular flexibility index (Phi) is 2.75. The zero-order chi connectivity index (χ0) is 8.44. The molecule has 2 unspecified atom stereocenters. The molecule has 1 fully saturated rings. The van der Waals surface area contributed by atoms with Gasteiger partial charge in [0.05, 0.1) is 0 Å². The predicted octanol–water partition coefficient (Wildman–Crippen LogP) is 3.89. The summed E-state index contributed by atoms with van der Waals surface area (Å²) in [6.07, 6.45) is 10.4. The van der Waals surface area contributed by atoms with Crippen LogP contribution in [0.3, 0.4) is 0 Å². The first kappa shape index (κ1) is 9.01. The summed E-state index contributed by atoms with van der Waals surface area (Å²) in [6.45, 7) is 2.33. The van der Waals surface area contributed by atoms with Gasteiger partial charge in [-0.1, -0.05) is 40.7 Å². The van der Waals surface area contributed by atoms with Crippen molar-refractivity contribution >= 4 is 21.6 Å². The second kappa shape index (κ2) is 3.67. The Bertz CT molecular complexity index is 188. The molecular weight excluding hydrogens is 184 g/mol. The fourth-order valence-electron chi connectivity index (χ4n) is 2.25. The maximum atomic E-state index is 2.48. The van der Waals surface area contributed by atoms with E-state index in [4.69, 9.17) is 0 Å². The minimum absolute atomic E-state index is 0.515. The van der Waals surface area contributed by atoms with Crippen LogP contribution in [0.15, 0.2) is 12.2 Å². The van der Waals surface area contributed by atoms with Crippen LogP contribution in [0, 0.1) is 5.92 Å². The van der Waals surface area contributed by atoms with Crippen LogP contribution in [-0.2, 0) is 0 Å². The first-order chi connectivity index (χ1) is 5.87. The minimum atomic E-state index is 0.515. The topological polar surface area (TPSA) is 0 Å². The lowest BCUT2D eigenvalue weighted by molar-refractivity contribution is 0.372. The SMILES string of the molecule is CCC12C=CCCC1CCSS2. The molecule has 0 nitrogen and oxygen atoms in total. The van der Waals surface area contributed by atoms with Crippen molar-refractivity contribution in [1.29, 1.82) is 0 Å². The van der Waals surface area contributed by atoms with E-state index in [1.165, 1.54) is 31.4 Å². The van der Waals surface area contributed by atoms with Gasteiger partial charge in [0.1, 0.15) is 0 Å². The predicted molar refractivity (Wildman–Crippen MR) is 59.6 cm³/mol. The molecule has 12 heavy (non-hydrogen) atoms. The van der Waals surface area contributed by atoms with Gasteiger partial charge in [-0.05, 0) is 31.6 Å². The first-order valence-corrected chi connectivity index (χ1v) is 7.17. The lowest BCUT2D eigenvalue weighted by atomic mass is 9.80. The Morgan fingerprint density at radius 1 is 1.50 bits per heavy atom. The van der Waals surface area contributed by atoms with Gasteiger partial charge in [-0.25, -0.2) is 0 Å². The van der Waals surface area contributed by atoms with Crippen molar-refractivity contribution in [1.82, 2.24) is 0 Å². The molecule has 1 aliphatic carbocycles. The Morgan fingerprint density at radius 3 is 3.17 bits per heavy atom. The fraction of sp³-hybridized carbons (Fsp3) is 0.800. The van der Waals surface area contributed by atoms with Gasteiger partial charge in [0, 0.05) is 10.5 Å². The summed E-state index contributed by atoms with van der Waals surface area (Å²) in [4.78, 5) is 0. The van der Waals surface area contributed by atoms with E-state index in [0.717, 1.165) is 5.92 Å². The molecule has 0 aromatic heterocycles. The molecule has 2 heteroatoms. The molecular formula is C10H16S2. The van der Waals surface area contributed by atoms with E-state index in [0.29, 0.717) is 4.75 Å². The van der Waals surface area contributed by atoms with Crippen molar-refractivity contribution in [3.8, 4) is 0 Å². The van der Waals surface area contributed by atoms with Crippen LogP contribution in [0.2, 0.25) is 0 Å². The maximum Gasteiger partial charge on any atom is 0.0468 e. The highest BCUT2D eigenvalue weighted by molar-refractivity contribution is 8.77. The van der Waals surface area contributed by atoms with E-state index in [-0.39, 0.29) is 0 Å². The molecule has 0 aromatic carbocycles. The van der Waals surface area contributed by atoms with Gasteiger partial charge in [0.25, 0.3) is 0 Å². The quantitative estimate of drug-likeness (QED) is 0.465. The Balaban J connectivity index is 2.20. The third-order valence-electron chi connectivity index (χ3n) is 3.09. The first-order valence-electron chi connectivity index (χ1n) is 4.86. The van der Waals surface area contributed by atoms with Crippen LogP contribution < -0.4 is 0 Å². The van der Waals surface area contributed by atoms with E-state index in [2.05, 4.69) is 40.7 Å². The summed E-state index contributed by atoms with van der Waals surface area (Å²) < 4.78 is 0.515. The molecule has 0 spiro atoms. The molecule has 2 atom stereocenters. The van der Waals surface area contributed by atoms with Gasteiger partial charge < -0.3 is 0 Å². The zero-order valence-electron chi connectivity index (χ0n) is 7.58. The highest BCUT2D eigenvalue weighted by atomic mass is 33.1. The normalized spacial score (nSPS) is 40.9. The van der Waals surface area contributed by atoms with E-state index in [1.807, 2.05) is 0 Å². The molecule has 0 saturated carbocycles. The average Bonchev–Trinajstić information content (AvgIpc) is 2.18. The maximum absolute atomic E-state index is 2.48. The molecule has 1 saturated heterocycles. The molecule has 1 aliphatic heterocycles. The molecule has 0 N–H and O–H groups in total. The van der Waals surface area contributed by atoms with Gasteiger partial charge in [0.2, 0.25) is 0 Å². The molecule has 2 rings (SSSR count). The summed E-state index contributed by atoms with van der Waals surface area (Å²) in [5, 5.41) is 0. The summed E-state index contributed by atoms with van der Waals surface area (Å²) in [5.41, 5.74) is 0. The van der Waals surface area contributed by atoms with E-state index < -0.39 is 0 Å². The van der Waals surface area contributed by atoms with Crippen LogP contribution in [-0.4, -0.2) is 10.5 Å². The van der Waals surface area contributed by atoms with Crippen molar-refractivity contribution in [3.63, 3.8) is 0 Å². The third kappa shape index (κ3) is 1.44. The van der Waals surface area contributed by atoms with E-state index in [1.54, 1.807) is 0 Å². The third-order valence-corrected chi connectivity index (χ3v) is 6.46. The van der Waals surface area contributed by atoms with Crippen molar-refractivity contribution in [2.75, 3.05) is 5.75 Å². The minimum Gasteiger partial charge on any atom is -0.0932 e. The summed E-state index contributed by atoms with van der Waals surface area (Å²) in [6, 6.07) is 0. The number of hydrogen-bond acceptors (Lipinski definition) is 2. The van der Waals surface area contributed by atoms with Crippen LogP contribution >= 0.6 is 21.6 Å². The van der Waals surface area contributed by atoms with Crippen LogP contribution in [0.25, 0.3) is 0 Å². The van der Waals surface area contributed by atoms with Gasteiger partial charge >= 0.3 is 0 Å². The summed E-state index contributed by atoms with van der Waals surface area (Å²) in [7, 11) is 4.19. The van der Waals surface area contributed by atoms with E-state index >= 15 is 0 Å². The summed E-state index contributed by atoms with van der Waals surface area (Å²) >= 11 is 0. The Hall–Kier alpha value is 0.440. The van der Waals surface area contributed by atoms with Gasteiger partial charge in [-0.15, -0.1) is 0 Å². The highest BCUT2D eigenvalue weighted by Crippen LogP contribution is 2.53. The summed E-state index contributed by atoms with van der Waals surface area (Å²) in [5.74, 6) is 2.34. The number of rotatable bonds is 1. The van der Waals surface area contributed by atoms with Crippen molar-refractivity contribution < 1.29 is 0 Å². The van der Waals surface area contributed by atoms with Crippen LogP contribution in [0.4, 0.5) is 0 Å². The molecule has 0 radical (unpaired) electrons. The standard InChI is InChI=1S/C10H16S2/c1-2-10-7-4-3-5-9(10)6-8-11-12-10/h4,7,9H,2-3,5-6,8H2,1H3. The second-order valence-corrected chi connectivity index (χ2v) is 6.46. The van der Waals surface area contributed by atoms with Crippen LogP contribution in [0.5, 0.6) is 0 Å². The zero-order valence-corrected chi connectivity index (χ0v) is 9.22. The van der Waals surface area contributed by atoms with Gasteiger partial charge in [-0.2, -0.15) is 0 Å². The van der Waals surface area contributed by atoms with Crippen molar-refractivity contribution in [3.05, 3.63) is 12.2 Å². The highest BCUT2D eigenvalue weighted by Gasteiger charge is 2.39. The average molecular weight is 200 g/mol. The second-order valence-electron chi connectivity index (χ2n) is 3.68. The largest absolute Gasteiger partial charge is 0.0932 e. The number of allylic oxidation sites excluding steroid dienone is 1. The van der Waals surface area contributed by atoms with Crippen molar-refractivity contribution in [2.45, 2.75) is 37.4 Å². The monoisotopic (exact) mass is 200 g/mol. The molecule has 68 valence electrons. The van der Waals surface area contributed by atoms with Crippen LogP contribution in [0.1, 0.15) is 32.6 Å². The number of hydrogen-bond donors (Lipinski definition) is 0. The molecule has 0 aromatic rings. The van der Waals surface area contributed by atoms with Gasteiger partial charge in [0.15, 0.2) is 0 Å². The molecule has 0 bridgehead atoms.